The molecule has 0 aliphatic carbocycles. The second-order valence-electron chi connectivity index (χ2n) is 2.91. The summed E-state index contributed by atoms with van der Waals surface area (Å²) >= 11 is 0. The second kappa shape index (κ2) is 4.81. The maximum atomic E-state index is 11.3. The highest BCUT2D eigenvalue weighted by Crippen LogP contribution is 2.10. The summed E-state index contributed by atoms with van der Waals surface area (Å²) < 4.78 is 4.70. The summed E-state index contributed by atoms with van der Waals surface area (Å²) in [7, 11) is -1.73. The van der Waals surface area contributed by atoms with Crippen LogP contribution in [0.1, 0.15) is 17.3 Å². The Morgan fingerprint density at radius 2 is 2.07 bits per heavy atom. The lowest BCUT2D eigenvalue weighted by molar-refractivity contribution is 0.0526. The van der Waals surface area contributed by atoms with E-state index in [0.29, 0.717) is 0 Å². The maximum Gasteiger partial charge on any atom is 0.488 e. The third-order valence-electron chi connectivity index (χ3n) is 1.75. The summed E-state index contributed by atoms with van der Waals surface area (Å²) in [6, 6.07) is 3.61. The van der Waals surface area contributed by atoms with E-state index in [9.17, 15) is 9.90 Å². The Morgan fingerprint density at radius 3 is 2.60 bits per heavy atom. The minimum atomic E-state index is -1.73. The lowest BCUT2D eigenvalue weighted by Crippen LogP contribution is -2.30. The lowest BCUT2D eigenvalue weighted by atomic mass is 9.79. The molecule has 0 aliphatic heterocycles. The van der Waals surface area contributed by atoms with Gasteiger partial charge in [0, 0.05) is 0 Å². The van der Waals surface area contributed by atoms with E-state index in [1.54, 1.807) is 6.92 Å². The number of aromatic hydroxyl groups is 1. The Morgan fingerprint density at radius 1 is 1.40 bits per heavy atom. The number of phenolic OH excluding ortho intramolecular Hbond substituents is 1. The van der Waals surface area contributed by atoms with Crippen LogP contribution in [0.15, 0.2) is 18.2 Å². The van der Waals surface area contributed by atoms with Crippen molar-refractivity contribution in [2.24, 2.45) is 0 Å². The average Bonchev–Trinajstić information content (AvgIpc) is 2.17. The average molecular weight is 210 g/mol. The highest BCUT2D eigenvalue weighted by Gasteiger charge is 2.16. The van der Waals surface area contributed by atoms with E-state index in [0.717, 1.165) is 6.07 Å². The zero-order valence-corrected chi connectivity index (χ0v) is 8.17. The molecule has 0 heterocycles. The van der Waals surface area contributed by atoms with Gasteiger partial charge < -0.3 is 19.9 Å². The van der Waals surface area contributed by atoms with Crippen LogP contribution in [0.3, 0.4) is 0 Å². The molecule has 3 N–H and O–H groups in total. The van der Waals surface area contributed by atoms with Crippen molar-refractivity contribution in [2.75, 3.05) is 6.61 Å². The van der Waals surface area contributed by atoms with Crippen molar-refractivity contribution in [3.63, 3.8) is 0 Å². The van der Waals surface area contributed by atoms with Crippen LogP contribution < -0.4 is 5.46 Å². The van der Waals surface area contributed by atoms with Gasteiger partial charge in [-0.05, 0) is 30.6 Å². The minimum absolute atomic E-state index is 0.0399. The lowest BCUT2D eigenvalue weighted by Gasteiger charge is -2.05. The smallest absolute Gasteiger partial charge is 0.488 e. The molecule has 0 fully saturated rings. The molecule has 1 aromatic rings. The fourth-order valence-corrected chi connectivity index (χ4v) is 1.12. The van der Waals surface area contributed by atoms with E-state index >= 15 is 0 Å². The molecule has 15 heavy (non-hydrogen) atoms. The number of esters is 1. The molecular weight excluding hydrogens is 199 g/mol. The Labute approximate surface area is 87.1 Å². The SMILES string of the molecule is CCOC(=O)c1cc(O)cc(B(O)O)c1. The topological polar surface area (TPSA) is 87.0 Å². The first kappa shape index (κ1) is 11.5. The number of carbonyl (C=O) groups is 1. The Hall–Kier alpha value is -1.53. The van der Waals surface area contributed by atoms with Crippen LogP contribution in [-0.2, 0) is 4.74 Å². The van der Waals surface area contributed by atoms with Gasteiger partial charge in [-0.3, -0.25) is 0 Å². The van der Waals surface area contributed by atoms with Crippen LogP contribution in [0.5, 0.6) is 5.75 Å². The number of carbonyl (C=O) groups excluding carboxylic acids is 1. The molecule has 0 saturated heterocycles. The molecule has 0 aromatic heterocycles. The van der Waals surface area contributed by atoms with Gasteiger partial charge in [-0.25, -0.2) is 4.79 Å². The van der Waals surface area contributed by atoms with Crippen molar-refractivity contribution >= 4 is 18.6 Å². The fraction of sp³-hybridized carbons (Fsp3) is 0.222. The molecule has 6 heteroatoms. The fourth-order valence-electron chi connectivity index (χ4n) is 1.12. The summed E-state index contributed by atoms with van der Waals surface area (Å²) in [6.07, 6.45) is 0. The summed E-state index contributed by atoms with van der Waals surface area (Å²) in [5.74, 6) is -0.834. The van der Waals surface area contributed by atoms with E-state index in [-0.39, 0.29) is 23.4 Å². The van der Waals surface area contributed by atoms with Gasteiger partial charge in [0.15, 0.2) is 0 Å². The zero-order valence-electron chi connectivity index (χ0n) is 8.17. The van der Waals surface area contributed by atoms with Crippen molar-refractivity contribution in [1.82, 2.24) is 0 Å². The largest absolute Gasteiger partial charge is 0.508 e. The predicted molar refractivity (Wildman–Crippen MR) is 53.9 cm³/mol. The van der Waals surface area contributed by atoms with Gasteiger partial charge in [-0.2, -0.15) is 0 Å². The minimum Gasteiger partial charge on any atom is -0.508 e. The molecule has 0 amide bonds. The van der Waals surface area contributed by atoms with Crippen molar-refractivity contribution in [1.29, 1.82) is 0 Å². The highest BCUT2D eigenvalue weighted by atomic mass is 16.5. The van der Waals surface area contributed by atoms with Gasteiger partial charge in [-0.15, -0.1) is 0 Å². The maximum absolute atomic E-state index is 11.3. The van der Waals surface area contributed by atoms with Crippen LogP contribution in [-0.4, -0.2) is 34.8 Å². The molecule has 0 spiro atoms. The quantitative estimate of drug-likeness (QED) is 0.451. The summed E-state index contributed by atoms with van der Waals surface area (Å²) in [5.41, 5.74) is 0.123. The number of benzene rings is 1. The third kappa shape index (κ3) is 2.97. The van der Waals surface area contributed by atoms with Crippen molar-refractivity contribution < 1.29 is 24.7 Å². The molecule has 0 atom stereocenters. The predicted octanol–water partition coefficient (Wildman–Crippen LogP) is -0.751. The number of ether oxygens (including phenoxy) is 1. The molecule has 0 bridgehead atoms. The molecule has 0 aliphatic rings. The first-order valence-corrected chi connectivity index (χ1v) is 4.41. The molecular formula is C9H11BO5. The number of phenols is 1. The Bertz CT molecular complexity index is 364. The first-order chi connectivity index (χ1) is 7.04. The standard InChI is InChI=1S/C9H11BO5/c1-2-15-9(12)6-3-7(10(13)14)5-8(11)4-6/h3-5,11,13-14H,2H2,1H3. The van der Waals surface area contributed by atoms with Gasteiger partial charge in [0.2, 0.25) is 0 Å². The summed E-state index contributed by atoms with van der Waals surface area (Å²) in [4.78, 5) is 11.3. The summed E-state index contributed by atoms with van der Waals surface area (Å²) in [5, 5.41) is 27.0. The van der Waals surface area contributed by atoms with Crippen molar-refractivity contribution in [3.05, 3.63) is 23.8 Å². The molecule has 1 aromatic carbocycles. The number of hydrogen-bond acceptors (Lipinski definition) is 5. The molecule has 80 valence electrons. The summed E-state index contributed by atoms with van der Waals surface area (Å²) in [6.45, 7) is 1.87. The monoisotopic (exact) mass is 210 g/mol. The van der Waals surface area contributed by atoms with E-state index in [4.69, 9.17) is 14.8 Å². The highest BCUT2D eigenvalue weighted by molar-refractivity contribution is 6.58. The van der Waals surface area contributed by atoms with Crippen LogP contribution >= 0.6 is 0 Å². The molecule has 5 nitrogen and oxygen atoms in total. The van der Waals surface area contributed by atoms with Gasteiger partial charge >= 0.3 is 13.1 Å². The van der Waals surface area contributed by atoms with Crippen molar-refractivity contribution in [2.45, 2.75) is 6.92 Å². The normalized spacial score (nSPS) is 9.80. The Balaban J connectivity index is 3.03. The van der Waals surface area contributed by atoms with E-state index < -0.39 is 13.1 Å². The van der Waals surface area contributed by atoms with Crippen LogP contribution in [0.2, 0.25) is 0 Å². The van der Waals surface area contributed by atoms with Gasteiger partial charge in [0.1, 0.15) is 5.75 Å². The van der Waals surface area contributed by atoms with Gasteiger partial charge in [-0.1, -0.05) is 0 Å². The molecule has 0 saturated carbocycles. The molecule has 0 radical (unpaired) electrons. The van der Waals surface area contributed by atoms with Crippen LogP contribution in [0.4, 0.5) is 0 Å². The van der Waals surface area contributed by atoms with Crippen molar-refractivity contribution in [3.8, 4) is 5.75 Å². The zero-order chi connectivity index (χ0) is 11.4. The third-order valence-corrected chi connectivity index (χ3v) is 1.75. The molecule has 0 unspecified atom stereocenters. The van der Waals surface area contributed by atoms with Gasteiger partial charge in [0.05, 0.1) is 12.2 Å². The molecule has 1 rings (SSSR count). The first-order valence-electron chi connectivity index (χ1n) is 4.41. The van der Waals surface area contributed by atoms with E-state index in [2.05, 4.69) is 0 Å². The second-order valence-corrected chi connectivity index (χ2v) is 2.91. The van der Waals surface area contributed by atoms with Gasteiger partial charge in [0.25, 0.3) is 0 Å². The Kier molecular flexibility index (Phi) is 3.71. The van der Waals surface area contributed by atoms with E-state index in [1.165, 1.54) is 12.1 Å². The van der Waals surface area contributed by atoms with Crippen LogP contribution in [0, 0.1) is 0 Å². The van der Waals surface area contributed by atoms with E-state index in [1.807, 2.05) is 0 Å². The number of hydrogen-bond donors (Lipinski definition) is 3. The van der Waals surface area contributed by atoms with Crippen LogP contribution in [0.25, 0.3) is 0 Å². The number of rotatable bonds is 3.